The zero-order chi connectivity index (χ0) is 19.2. The van der Waals surface area contributed by atoms with Gasteiger partial charge < -0.3 is 20.3 Å². The number of hydrogen-bond acceptors (Lipinski definition) is 5. The lowest BCUT2D eigenvalue weighted by Crippen LogP contribution is -2.02. The van der Waals surface area contributed by atoms with Crippen molar-refractivity contribution in [3.8, 4) is 11.5 Å². The van der Waals surface area contributed by atoms with Crippen molar-refractivity contribution >= 4 is 23.8 Å². The van der Waals surface area contributed by atoms with Crippen LogP contribution < -0.4 is 10.1 Å². The molecule has 7 nitrogen and oxygen atoms in total. The van der Waals surface area contributed by atoms with Crippen LogP contribution in [-0.2, 0) is 6.54 Å². The first-order valence-electron chi connectivity index (χ1n) is 8.22. The fraction of sp³-hybridized carbons (Fsp3) is 0.100. The fourth-order valence-electron chi connectivity index (χ4n) is 2.49. The summed E-state index contributed by atoms with van der Waals surface area (Å²) >= 11 is 0. The van der Waals surface area contributed by atoms with Crippen LogP contribution in [0.15, 0.2) is 48.5 Å². The summed E-state index contributed by atoms with van der Waals surface area (Å²) in [5.74, 6) is -0.458. The van der Waals surface area contributed by atoms with Crippen LogP contribution in [0.4, 0.5) is 5.69 Å². The van der Waals surface area contributed by atoms with Crippen molar-refractivity contribution < 1.29 is 19.7 Å². The molecule has 0 atom stereocenters. The van der Waals surface area contributed by atoms with Crippen molar-refractivity contribution in [1.29, 1.82) is 0 Å². The maximum atomic E-state index is 11.0. The predicted octanol–water partition coefficient (Wildman–Crippen LogP) is 3.60. The van der Waals surface area contributed by atoms with E-state index in [-0.39, 0.29) is 11.3 Å². The summed E-state index contributed by atoms with van der Waals surface area (Å²) in [7, 11) is 1.50. The van der Waals surface area contributed by atoms with E-state index < -0.39 is 5.97 Å². The Morgan fingerprint density at radius 2 is 2.07 bits per heavy atom. The van der Waals surface area contributed by atoms with Crippen molar-refractivity contribution in [1.82, 2.24) is 10.2 Å². The molecule has 0 aliphatic heterocycles. The van der Waals surface area contributed by atoms with Crippen molar-refractivity contribution in [2.75, 3.05) is 12.4 Å². The molecule has 3 rings (SSSR count). The molecule has 7 heteroatoms. The monoisotopic (exact) mass is 365 g/mol. The van der Waals surface area contributed by atoms with E-state index in [0.717, 1.165) is 22.6 Å². The van der Waals surface area contributed by atoms with Crippen molar-refractivity contribution in [3.05, 3.63) is 71.0 Å². The molecule has 0 saturated carbocycles. The largest absolute Gasteiger partial charge is 0.504 e. The molecule has 0 radical (unpaired) electrons. The number of nitrogens with one attached hydrogen (secondary N) is 2. The van der Waals surface area contributed by atoms with E-state index in [4.69, 9.17) is 9.84 Å². The minimum absolute atomic E-state index is 0.0924. The second kappa shape index (κ2) is 8.09. The quantitative estimate of drug-likeness (QED) is 0.509. The standard InChI is InChI=1S/C20H19N3O4/c1-27-19-9-13(6-8-18(19)24)5-7-16-11-17(23-22-16)12-21-15-4-2-3-14(10-15)20(25)26/h2-11,21,24H,12H2,1H3,(H,22,23)(H,25,26)/b7-5+. The molecule has 1 aromatic heterocycles. The van der Waals surface area contributed by atoms with E-state index >= 15 is 0 Å². The molecule has 0 saturated heterocycles. The van der Waals surface area contributed by atoms with Gasteiger partial charge in [0.1, 0.15) is 0 Å². The number of nitrogens with zero attached hydrogens (tertiary/aromatic N) is 1. The Morgan fingerprint density at radius 1 is 1.22 bits per heavy atom. The average molecular weight is 365 g/mol. The summed E-state index contributed by atoms with van der Waals surface area (Å²) in [5, 5.41) is 29.0. The van der Waals surface area contributed by atoms with Gasteiger partial charge in [-0.1, -0.05) is 18.2 Å². The Bertz CT molecular complexity index is 979. The minimum atomic E-state index is -0.960. The molecule has 27 heavy (non-hydrogen) atoms. The summed E-state index contributed by atoms with van der Waals surface area (Å²) in [5.41, 5.74) is 3.44. The molecule has 1 heterocycles. The molecule has 0 unspecified atom stereocenters. The summed E-state index contributed by atoms with van der Waals surface area (Å²) < 4.78 is 5.09. The number of aromatic nitrogens is 2. The fourth-order valence-corrected chi connectivity index (χ4v) is 2.49. The number of phenolic OH excluding ortho intramolecular Hbond substituents is 1. The van der Waals surface area contributed by atoms with Crippen LogP contribution >= 0.6 is 0 Å². The Morgan fingerprint density at radius 3 is 2.85 bits per heavy atom. The third kappa shape index (κ3) is 4.66. The van der Waals surface area contributed by atoms with Gasteiger partial charge in [0, 0.05) is 5.69 Å². The van der Waals surface area contributed by atoms with E-state index in [0.29, 0.717) is 12.3 Å². The number of carboxylic acid groups (broad SMARTS) is 1. The highest BCUT2D eigenvalue weighted by Crippen LogP contribution is 2.27. The van der Waals surface area contributed by atoms with Crippen LogP contribution in [0.3, 0.4) is 0 Å². The van der Waals surface area contributed by atoms with Gasteiger partial charge in [-0.15, -0.1) is 0 Å². The second-order valence-corrected chi connectivity index (χ2v) is 5.82. The van der Waals surface area contributed by atoms with Gasteiger partial charge in [-0.05, 0) is 48.0 Å². The molecule has 0 bridgehead atoms. The number of methoxy groups -OCH3 is 1. The van der Waals surface area contributed by atoms with Crippen LogP contribution in [0.1, 0.15) is 27.3 Å². The molecule has 2 aromatic carbocycles. The van der Waals surface area contributed by atoms with Gasteiger partial charge in [-0.3, -0.25) is 5.10 Å². The number of aromatic carboxylic acids is 1. The molecule has 0 fully saturated rings. The lowest BCUT2D eigenvalue weighted by atomic mass is 10.1. The van der Waals surface area contributed by atoms with Crippen LogP contribution in [0.25, 0.3) is 12.2 Å². The highest BCUT2D eigenvalue weighted by molar-refractivity contribution is 5.88. The van der Waals surface area contributed by atoms with Gasteiger partial charge in [0.25, 0.3) is 0 Å². The second-order valence-electron chi connectivity index (χ2n) is 5.82. The van der Waals surface area contributed by atoms with E-state index in [1.165, 1.54) is 7.11 Å². The van der Waals surface area contributed by atoms with Crippen LogP contribution in [0.2, 0.25) is 0 Å². The topological polar surface area (TPSA) is 107 Å². The van der Waals surface area contributed by atoms with Gasteiger partial charge in [0.15, 0.2) is 11.5 Å². The Hall–Kier alpha value is -3.74. The lowest BCUT2D eigenvalue weighted by Gasteiger charge is -2.05. The van der Waals surface area contributed by atoms with Crippen LogP contribution in [-0.4, -0.2) is 33.5 Å². The normalized spacial score (nSPS) is 10.9. The SMILES string of the molecule is COc1cc(/C=C/c2cc(CNc3cccc(C(=O)O)c3)[nH]n2)ccc1O. The van der Waals surface area contributed by atoms with Gasteiger partial charge in [0.05, 0.1) is 30.6 Å². The van der Waals surface area contributed by atoms with E-state index in [1.807, 2.05) is 24.3 Å². The third-order valence-electron chi connectivity index (χ3n) is 3.89. The van der Waals surface area contributed by atoms with Crippen LogP contribution in [0.5, 0.6) is 11.5 Å². The molecule has 4 N–H and O–H groups in total. The number of aromatic hydroxyl groups is 1. The molecular weight excluding hydrogens is 346 g/mol. The highest BCUT2D eigenvalue weighted by atomic mass is 16.5. The number of benzene rings is 2. The Kier molecular flexibility index (Phi) is 5.41. The van der Waals surface area contributed by atoms with Gasteiger partial charge in [-0.2, -0.15) is 5.10 Å². The van der Waals surface area contributed by atoms with Crippen molar-refractivity contribution in [2.45, 2.75) is 6.54 Å². The molecule has 0 amide bonds. The third-order valence-corrected chi connectivity index (χ3v) is 3.89. The summed E-state index contributed by atoms with van der Waals surface area (Å²) in [6, 6.07) is 13.6. The number of H-pyrrole nitrogens is 1. The minimum Gasteiger partial charge on any atom is -0.504 e. The number of aromatic amines is 1. The number of carbonyl (C=O) groups is 1. The smallest absolute Gasteiger partial charge is 0.335 e. The van der Waals surface area contributed by atoms with Gasteiger partial charge in [0.2, 0.25) is 0 Å². The summed E-state index contributed by atoms with van der Waals surface area (Å²) in [6.45, 7) is 0.483. The van der Waals surface area contributed by atoms with Crippen molar-refractivity contribution in [2.24, 2.45) is 0 Å². The van der Waals surface area contributed by atoms with E-state index in [9.17, 15) is 9.90 Å². The average Bonchev–Trinajstić information content (AvgIpc) is 3.14. The molecule has 0 aliphatic carbocycles. The number of ether oxygens (including phenoxy) is 1. The Labute approximate surface area is 155 Å². The molecule has 3 aromatic rings. The maximum absolute atomic E-state index is 11.0. The Balaban J connectivity index is 1.63. The number of rotatable bonds is 7. The first-order valence-corrected chi connectivity index (χ1v) is 8.22. The summed E-state index contributed by atoms with van der Waals surface area (Å²) in [6.07, 6.45) is 3.71. The molecular formula is C20H19N3O4. The number of hydrogen-bond donors (Lipinski definition) is 4. The zero-order valence-corrected chi connectivity index (χ0v) is 14.6. The van der Waals surface area contributed by atoms with Gasteiger partial charge in [-0.25, -0.2) is 4.79 Å². The lowest BCUT2D eigenvalue weighted by molar-refractivity contribution is 0.0697. The summed E-state index contributed by atoms with van der Waals surface area (Å²) in [4.78, 5) is 11.0. The van der Waals surface area contributed by atoms with Gasteiger partial charge >= 0.3 is 5.97 Å². The number of carboxylic acids is 1. The zero-order valence-electron chi connectivity index (χ0n) is 14.6. The molecule has 138 valence electrons. The first-order chi connectivity index (χ1) is 13.0. The number of phenols is 1. The molecule has 0 aliphatic rings. The highest BCUT2D eigenvalue weighted by Gasteiger charge is 2.04. The predicted molar refractivity (Wildman–Crippen MR) is 103 cm³/mol. The van der Waals surface area contributed by atoms with E-state index in [2.05, 4.69) is 15.5 Å². The molecule has 0 spiro atoms. The first kappa shape index (κ1) is 18.1. The van der Waals surface area contributed by atoms with E-state index in [1.54, 1.807) is 36.4 Å². The van der Waals surface area contributed by atoms with Crippen molar-refractivity contribution in [3.63, 3.8) is 0 Å². The number of anilines is 1. The van der Waals surface area contributed by atoms with Crippen LogP contribution in [0, 0.1) is 0 Å². The maximum Gasteiger partial charge on any atom is 0.335 e.